The Morgan fingerprint density at radius 1 is 1.04 bits per heavy atom. The second-order valence-electron chi connectivity index (χ2n) is 5.36. The smallest absolute Gasteiger partial charge is 0.255 e. The van der Waals surface area contributed by atoms with Crippen molar-refractivity contribution in [2.75, 3.05) is 15.8 Å². The van der Waals surface area contributed by atoms with Gasteiger partial charge in [0, 0.05) is 16.9 Å². The Labute approximate surface area is 136 Å². The Morgan fingerprint density at radius 2 is 1.70 bits per heavy atom. The maximum absolute atomic E-state index is 12.3. The zero-order valence-corrected chi connectivity index (χ0v) is 14.2. The maximum atomic E-state index is 12.3. The predicted octanol–water partition coefficient (Wildman–Crippen LogP) is 3.32. The first-order valence-electron chi connectivity index (χ1n) is 7.30. The normalized spacial score (nSPS) is 11.1. The zero-order valence-electron chi connectivity index (χ0n) is 13.4. The van der Waals surface area contributed by atoms with Crippen LogP contribution in [0.3, 0.4) is 0 Å². The molecule has 2 aromatic carbocycles. The lowest BCUT2D eigenvalue weighted by Crippen LogP contribution is -2.15. The van der Waals surface area contributed by atoms with E-state index in [0.717, 1.165) is 16.8 Å². The summed E-state index contributed by atoms with van der Waals surface area (Å²) in [5.74, 6) is -0.231. The molecule has 0 saturated heterocycles. The molecule has 2 rings (SSSR count). The van der Waals surface area contributed by atoms with Crippen LogP contribution in [0.15, 0.2) is 42.5 Å². The number of hydrogen-bond acceptors (Lipinski definition) is 3. The van der Waals surface area contributed by atoms with Crippen LogP contribution in [0.25, 0.3) is 0 Å². The van der Waals surface area contributed by atoms with Crippen molar-refractivity contribution in [3.8, 4) is 0 Å². The molecule has 0 aliphatic carbocycles. The quantitative estimate of drug-likeness (QED) is 0.882. The van der Waals surface area contributed by atoms with Crippen molar-refractivity contribution >= 4 is 27.3 Å². The topological polar surface area (TPSA) is 75.3 Å². The molecule has 6 heteroatoms. The van der Waals surface area contributed by atoms with Gasteiger partial charge in [0.05, 0.1) is 5.75 Å². The highest BCUT2D eigenvalue weighted by Crippen LogP contribution is 2.18. The summed E-state index contributed by atoms with van der Waals surface area (Å²) in [6.45, 7) is 5.45. The minimum Gasteiger partial charge on any atom is -0.322 e. The third-order valence-corrected chi connectivity index (χ3v) is 4.75. The van der Waals surface area contributed by atoms with Crippen molar-refractivity contribution < 1.29 is 13.2 Å². The third kappa shape index (κ3) is 4.56. The highest BCUT2D eigenvalue weighted by Gasteiger charge is 2.10. The number of aryl methyl sites for hydroxylation is 2. The lowest BCUT2D eigenvalue weighted by molar-refractivity contribution is 0.102. The highest BCUT2D eigenvalue weighted by atomic mass is 32.2. The number of amides is 1. The van der Waals surface area contributed by atoms with E-state index in [0.29, 0.717) is 11.3 Å². The molecule has 122 valence electrons. The van der Waals surface area contributed by atoms with Crippen molar-refractivity contribution in [2.24, 2.45) is 0 Å². The lowest BCUT2D eigenvalue weighted by Gasteiger charge is -2.10. The van der Waals surface area contributed by atoms with Crippen molar-refractivity contribution in [1.82, 2.24) is 0 Å². The number of rotatable bonds is 5. The number of sulfonamides is 1. The zero-order chi connectivity index (χ0) is 17.0. The summed E-state index contributed by atoms with van der Waals surface area (Å²) in [6.07, 6.45) is 0. The van der Waals surface area contributed by atoms with Gasteiger partial charge in [-0.15, -0.1) is 0 Å². The van der Waals surface area contributed by atoms with Crippen LogP contribution in [0, 0.1) is 13.8 Å². The molecule has 0 fully saturated rings. The Bertz CT molecular complexity index is 812. The van der Waals surface area contributed by atoms with Gasteiger partial charge in [-0.2, -0.15) is 0 Å². The first kappa shape index (κ1) is 17.0. The summed E-state index contributed by atoms with van der Waals surface area (Å²) in [4.78, 5) is 12.3. The van der Waals surface area contributed by atoms with Crippen LogP contribution in [0.5, 0.6) is 0 Å². The first-order chi connectivity index (χ1) is 10.8. The maximum Gasteiger partial charge on any atom is 0.255 e. The van der Waals surface area contributed by atoms with Gasteiger partial charge in [-0.3, -0.25) is 9.52 Å². The molecule has 0 saturated carbocycles. The van der Waals surface area contributed by atoms with E-state index < -0.39 is 10.0 Å². The van der Waals surface area contributed by atoms with E-state index in [9.17, 15) is 13.2 Å². The van der Waals surface area contributed by atoms with Gasteiger partial charge in [0.25, 0.3) is 5.91 Å². The van der Waals surface area contributed by atoms with E-state index in [4.69, 9.17) is 0 Å². The molecule has 0 bridgehead atoms. The first-order valence-corrected chi connectivity index (χ1v) is 8.95. The van der Waals surface area contributed by atoms with E-state index in [1.165, 1.54) is 0 Å². The van der Waals surface area contributed by atoms with E-state index in [-0.39, 0.29) is 11.7 Å². The molecule has 2 N–H and O–H groups in total. The van der Waals surface area contributed by atoms with E-state index in [2.05, 4.69) is 10.0 Å². The van der Waals surface area contributed by atoms with Crippen LogP contribution >= 0.6 is 0 Å². The van der Waals surface area contributed by atoms with E-state index in [1.54, 1.807) is 31.2 Å². The van der Waals surface area contributed by atoms with Gasteiger partial charge in [-0.1, -0.05) is 12.1 Å². The fourth-order valence-corrected chi connectivity index (χ4v) is 2.65. The molecule has 2 aromatic rings. The van der Waals surface area contributed by atoms with Gasteiger partial charge in [0.1, 0.15) is 0 Å². The van der Waals surface area contributed by atoms with Gasteiger partial charge in [0.15, 0.2) is 0 Å². The minimum absolute atomic E-state index is 0.00186. The molecule has 23 heavy (non-hydrogen) atoms. The van der Waals surface area contributed by atoms with Crippen molar-refractivity contribution in [3.05, 3.63) is 59.2 Å². The minimum atomic E-state index is -3.32. The average molecular weight is 332 g/mol. The summed E-state index contributed by atoms with van der Waals surface area (Å²) in [5, 5.41) is 2.87. The molecule has 0 unspecified atom stereocenters. The van der Waals surface area contributed by atoms with Gasteiger partial charge in [-0.25, -0.2) is 8.42 Å². The number of benzene rings is 2. The summed E-state index contributed by atoms with van der Waals surface area (Å²) < 4.78 is 25.5. The van der Waals surface area contributed by atoms with Crippen LogP contribution in [0.2, 0.25) is 0 Å². The molecule has 0 radical (unpaired) electrons. The molecule has 0 aliphatic heterocycles. The molecule has 0 aromatic heterocycles. The second-order valence-corrected chi connectivity index (χ2v) is 7.37. The number of carbonyl (C=O) groups excluding carboxylic acids is 1. The highest BCUT2D eigenvalue weighted by molar-refractivity contribution is 7.92. The fourth-order valence-electron chi connectivity index (χ4n) is 2.01. The van der Waals surface area contributed by atoms with Crippen molar-refractivity contribution in [2.45, 2.75) is 20.8 Å². The van der Waals surface area contributed by atoms with Crippen LogP contribution in [0.4, 0.5) is 11.4 Å². The summed E-state index contributed by atoms with van der Waals surface area (Å²) in [7, 11) is -3.32. The third-order valence-electron chi connectivity index (χ3n) is 3.44. The molecular formula is C17H20N2O3S. The number of anilines is 2. The van der Waals surface area contributed by atoms with Crippen molar-refractivity contribution in [3.63, 3.8) is 0 Å². The van der Waals surface area contributed by atoms with E-state index in [1.807, 2.05) is 32.0 Å². The van der Waals surface area contributed by atoms with Gasteiger partial charge in [0.2, 0.25) is 10.0 Å². The molecule has 0 spiro atoms. The molecule has 0 aliphatic rings. The van der Waals surface area contributed by atoms with Crippen LogP contribution in [-0.2, 0) is 10.0 Å². The van der Waals surface area contributed by atoms with Crippen LogP contribution in [-0.4, -0.2) is 20.1 Å². The summed E-state index contributed by atoms with van der Waals surface area (Å²) in [6, 6.07) is 12.2. The van der Waals surface area contributed by atoms with Crippen LogP contribution < -0.4 is 10.0 Å². The monoisotopic (exact) mass is 332 g/mol. The Balaban J connectivity index is 2.13. The standard InChI is InChI=1S/C17H20N2O3S/c1-4-23(21,22)19-15-9-7-14(8-10-15)17(20)18-16-11-12(2)5-6-13(16)3/h5-11,19H,4H2,1-3H3,(H,18,20). The number of hydrogen-bond donors (Lipinski definition) is 2. The molecule has 0 heterocycles. The molecule has 5 nitrogen and oxygen atoms in total. The molecule has 1 amide bonds. The van der Waals surface area contributed by atoms with E-state index >= 15 is 0 Å². The Kier molecular flexibility index (Phi) is 5.05. The Hall–Kier alpha value is -2.34. The summed E-state index contributed by atoms with van der Waals surface area (Å²) >= 11 is 0. The Morgan fingerprint density at radius 3 is 2.30 bits per heavy atom. The average Bonchev–Trinajstić information content (AvgIpc) is 2.51. The molecular weight excluding hydrogens is 312 g/mol. The fraction of sp³-hybridized carbons (Fsp3) is 0.235. The lowest BCUT2D eigenvalue weighted by atomic mass is 10.1. The van der Waals surface area contributed by atoms with Gasteiger partial charge >= 0.3 is 0 Å². The molecule has 0 atom stereocenters. The summed E-state index contributed by atoms with van der Waals surface area (Å²) in [5.41, 5.74) is 3.72. The van der Waals surface area contributed by atoms with Crippen molar-refractivity contribution in [1.29, 1.82) is 0 Å². The second kappa shape index (κ2) is 6.83. The van der Waals surface area contributed by atoms with Gasteiger partial charge in [-0.05, 0) is 62.2 Å². The largest absolute Gasteiger partial charge is 0.322 e. The number of nitrogens with one attached hydrogen (secondary N) is 2. The van der Waals surface area contributed by atoms with Gasteiger partial charge < -0.3 is 5.32 Å². The van der Waals surface area contributed by atoms with Crippen LogP contribution in [0.1, 0.15) is 28.4 Å². The SMILES string of the molecule is CCS(=O)(=O)Nc1ccc(C(=O)Nc2cc(C)ccc2C)cc1. The predicted molar refractivity (Wildman–Crippen MR) is 93.4 cm³/mol. The number of carbonyl (C=O) groups is 1.